The van der Waals surface area contributed by atoms with Crippen LogP contribution in [-0.2, 0) is 4.79 Å². The first-order valence-corrected chi connectivity index (χ1v) is 13.5. The number of hydrogen-bond acceptors (Lipinski definition) is 4. The van der Waals surface area contributed by atoms with Gasteiger partial charge in [0, 0.05) is 31.8 Å². The highest BCUT2D eigenvalue weighted by Crippen LogP contribution is 2.13. The first kappa shape index (κ1) is 34.0. The van der Waals surface area contributed by atoms with Crippen LogP contribution < -0.4 is 0 Å². The molecule has 0 spiro atoms. The van der Waals surface area contributed by atoms with E-state index < -0.39 is 5.97 Å². The number of carboxylic acid groups (broad SMARTS) is 1. The zero-order chi connectivity index (χ0) is 24.8. The lowest BCUT2D eigenvalue weighted by atomic mass is 10.0. The average Bonchev–Trinajstić information content (AvgIpc) is 2.81. The van der Waals surface area contributed by atoms with Gasteiger partial charge in [0.05, 0.1) is 0 Å². The molecule has 0 aromatic rings. The summed E-state index contributed by atoms with van der Waals surface area (Å²) < 4.78 is 0. The summed E-state index contributed by atoms with van der Waals surface area (Å²) in [6.07, 6.45) is 29.9. The highest BCUT2D eigenvalue weighted by Gasteiger charge is 2.03. The molecule has 0 aromatic carbocycles. The van der Waals surface area contributed by atoms with E-state index in [1.54, 1.807) is 6.08 Å². The van der Waals surface area contributed by atoms with Gasteiger partial charge in [0.1, 0.15) is 0 Å². The van der Waals surface area contributed by atoms with E-state index >= 15 is 0 Å². The Bertz CT molecular complexity index is 430. The van der Waals surface area contributed by atoms with Crippen molar-refractivity contribution in [1.82, 2.24) is 0 Å². The van der Waals surface area contributed by atoms with E-state index in [9.17, 15) is 4.79 Å². The van der Waals surface area contributed by atoms with Gasteiger partial charge in [0.25, 0.3) is 0 Å². The van der Waals surface area contributed by atoms with Gasteiger partial charge >= 0.3 is 5.97 Å². The largest absolute Gasteiger partial charge is 0.478 e. The molecule has 0 bridgehead atoms. The molecular formula is C28H54O5. The average molecular weight is 471 g/mol. The van der Waals surface area contributed by atoms with Gasteiger partial charge in [-0.1, -0.05) is 115 Å². The SMILES string of the molecule is CCCCCCCCCCCCCCCCCC=CC=CC(=O)O.OCCCC(CO)CO. The predicted octanol–water partition coefficient (Wildman–Crippen LogP) is 6.80. The number of aliphatic carboxylic acids is 1. The molecule has 196 valence electrons. The number of allylic oxidation sites excluding steroid dienone is 3. The number of aliphatic hydroxyl groups excluding tert-OH is 3. The van der Waals surface area contributed by atoms with Crippen molar-refractivity contribution in [2.45, 2.75) is 122 Å². The third kappa shape index (κ3) is 33.1. The maximum Gasteiger partial charge on any atom is 0.328 e. The quantitative estimate of drug-likeness (QED) is 0.0747. The zero-order valence-electron chi connectivity index (χ0n) is 21.4. The van der Waals surface area contributed by atoms with Crippen molar-refractivity contribution >= 4 is 5.97 Å². The summed E-state index contributed by atoms with van der Waals surface area (Å²) >= 11 is 0. The monoisotopic (exact) mass is 470 g/mol. The summed E-state index contributed by atoms with van der Waals surface area (Å²) in [5.74, 6) is -0.927. The summed E-state index contributed by atoms with van der Waals surface area (Å²) in [7, 11) is 0. The van der Waals surface area contributed by atoms with Crippen LogP contribution >= 0.6 is 0 Å². The fraction of sp³-hybridized carbons (Fsp3) is 0.821. The summed E-state index contributed by atoms with van der Waals surface area (Å²) in [4.78, 5) is 10.3. The van der Waals surface area contributed by atoms with Crippen molar-refractivity contribution in [2.75, 3.05) is 19.8 Å². The van der Waals surface area contributed by atoms with E-state index in [0.29, 0.717) is 12.8 Å². The van der Waals surface area contributed by atoms with Crippen LogP contribution in [0.5, 0.6) is 0 Å². The zero-order valence-corrected chi connectivity index (χ0v) is 21.4. The lowest BCUT2D eigenvalue weighted by molar-refractivity contribution is -0.131. The second-order valence-electron chi connectivity index (χ2n) is 8.96. The minimum absolute atomic E-state index is 0.0104. The fourth-order valence-corrected chi connectivity index (χ4v) is 3.57. The minimum Gasteiger partial charge on any atom is -0.478 e. The molecule has 5 nitrogen and oxygen atoms in total. The van der Waals surface area contributed by atoms with Crippen LogP contribution in [-0.4, -0.2) is 46.2 Å². The van der Waals surface area contributed by atoms with Gasteiger partial charge in [-0.25, -0.2) is 4.79 Å². The Morgan fingerprint density at radius 2 is 1.12 bits per heavy atom. The molecule has 0 aromatic heterocycles. The predicted molar refractivity (Wildman–Crippen MR) is 139 cm³/mol. The molecule has 0 unspecified atom stereocenters. The summed E-state index contributed by atoms with van der Waals surface area (Å²) in [5.41, 5.74) is 0. The highest BCUT2D eigenvalue weighted by atomic mass is 16.4. The fourth-order valence-electron chi connectivity index (χ4n) is 3.57. The van der Waals surface area contributed by atoms with E-state index in [1.807, 2.05) is 6.08 Å². The number of unbranched alkanes of at least 4 members (excludes halogenated alkanes) is 15. The van der Waals surface area contributed by atoms with Gasteiger partial charge in [0.2, 0.25) is 0 Å². The van der Waals surface area contributed by atoms with E-state index in [-0.39, 0.29) is 25.7 Å². The topological polar surface area (TPSA) is 98.0 Å². The van der Waals surface area contributed by atoms with Gasteiger partial charge in [-0.15, -0.1) is 0 Å². The number of hydrogen-bond donors (Lipinski definition) is 4. The van der Waals surface area contributed by atoms with Crippen LogP contribution in [0.3, 0.4) is 0 Å². The molecule has 0 rings (SSSR count). The maximum atomic E-state index is 10.3. The molecule has 0 heterocycles. The standard InChI is InChI=1S/C22H40O2.C6H14O3/c1-2-3-4-5-6-7-8-9-10-11-12-13-14-15-16-17-18-19-20-21-22(23)24;7-3-1-2-6(4-8)5-9/h18-21H,2-17H2,1H3,(H,23,24);6-9H,1-5H2. The smallest absolute Gasteiger partial charge is 0.328 e. The summed E-state index contributed by atoms with van der Waals surface area (Å²) in [5, 5.41) is 33.8. The highest BCUT2D eigenvalue weighted by molar-refractivity contribution is 5.80. The first-order valence-electron chi connectivity index (χ1n) is 13.5. The Kier molecular flexibility index (Phi) is 31.8. The maximum absolute atomic E-state index is 10.3. The van der Waals surface area contributed by atoms with Crippen molar-refractivity contribution in [1.29, 1.82) is 0 Å². The molecule has 5 heteroatoms. The van der Waals surface area contributed by atoms with E-state index in [2.05, 4.69) is 13.0 Å². The van der Waals surface area contributed by atoms with Crippen molar-refractivity contribution in [3.05, 3.63) is 24.3 Å². The van der Waals surface area contributed by atoms with Crippen molar-refractivity contribution in [3.63, 3.8) is 0 Å². The Labute approximate surface area is 204 Å². The van der Waals surface area contributed by atoms with Crippen LogP contribution in [0.25, 0.3) is 0 Å². The van der Waals surface area contributed by atoms with Gasteiger partial charge in [0.15, 0.2) is 0 Å². The molecule has 0 aliphatic rings. The molecule has 0 radical (unpaired) electrons. The third-order valence-corrected chi connectivity index (χ3v) is 5.75. The third-order valence-electron chi connectivity index (χ3n) is 5.75. The summed E-state index contributed by atoms with van der Waals surface area (Å²) in [6.45, 7) is 2.43. The molecule has 0 atom stereocenters. The second-order valence-corrected chi connectivity index (χ2v) is 8.96. The summed E-state index contributed by atoms with van der Waals surface area (Å²) in [6, 6.07) is 0. The Morgan fingerprint density at radius 3 is 1.52 bits per heavy atom. The number of carboxylic acids is 1. The minimum atomic E-state index is -0.883. The molecule has 33 heavy (non-hydrogen) atoms. The van der Waals surface area contributed by atoms with Crippen LogP contribution in [0.1, 0.15) is 122 Å². The number of rotatable bonds is 23. The number of carbonyl (C=O) groups is 1. The Balaban J connectivity index is 0. The van der Waals surface area contributed by atoms with Crippen LogP contribution in [0.4, 0.5) is 0 Å². The van der Waals surface area contributed by atoms with Crippen LogP contribution in [0, 0.1) is 5.92 Å². The molecule has 0 saturated heterocycles. The van der Waals surface area contributed by atoms with E-state index in [0.717, 1.165) is 6.42 Å². The van der Waals surface area contributed by atoms with Crippen molar-refractivity contribution < 1.29 is 25.2 Å². The van der Waals surface area contributed by atoms with Gasteiger partial charge in [-0.3, -0.25) is 0 Å². The van der Waals surface area contributed by atoms with E-state index in [1.165, 1.54) is 102 Å². The molecule has 0 fully saturated rings. The second kappa shape index (κ2) is 30.8. The number of aliphatic hydroxyl groups is 3. The lowest BCUT2D eigenvalue weighted by Gasteiger charge is -2.07. The van der Waals surface area contributed by atoms with Gasteiger partial charge in [-0.05, 0) is 25.7 Å². The Morgan fingerprint density at radius 1 is 0.667 bits per heavy atom. The van der Waals surface area contributed by atoms with E-state index in [4.69, 9.17) is 20.4 Å². The normalized spacial score (nSPS) is 11.4. The molecule has 0 amide bonds. The van der Waals surface area contributed by atoms with Crippen molar-refractivity contribution in [2.24, 2.45) is 5.92 Å². The Hall–Kier alpha value is -1.17. The van der Waals surface area contributed by atoms with Crippen LogP contribution in [0.15, 0.2) is 24.3 Å². The lowest BCUT2D eigenvalue weighted by Crippen LogP contribution is -2.11. The molecule has 4 N–H and O–H groups in total. The van der Waals surface area contributed by atoms with Crippen LogP contribution in [0.2, 0.25) is 0 Å². The van der Waals surface area contributed by atoms with Crippen molar-refractivity contribution in [3.8, 4) is 0 Å². The molecule has 0 aliphatic heterocycles. The van der Waals surface area contributed by atoms with Gasteiger partial charge < -0.3 is 20.4 Å². The molecule has 0 saturated carbocycles. The first-order chi connectivity index (χ1) is 16.1. The molecule has 0 aliphatic carbocycles. The van der Waals surface area contributed by atoms with Gasteiger partial charge in [-0.2, -0.15) is 0 Å². The molecular weight excluding hydrogens is 416 g/mol.